The quantitative estimate of drug-likeness (QED) is 0.593. The number of carbonyl (C=O) groups excluding carboxylic acids is 2. The average Bonchev–Trinajstić information content (AvgIpc) is 3.42. The summed E-state index contributed by atoms with van der Waals surface area (Å²) in [6, 6.07) is 9.32. The summed E-state index contributed by atoms with van der Waals surface area (Å²) < 4.78 is 15.4. The van der Waals surface area contributed by atoms with E-state index in [0.717, 1.165) is 16.2 Å². The van der Waals surface area contributed by atoms with Crippen LogP contribution in [0.25, 0.3) is 0 Å². The van der Waals surface area contributed by atoms with Crippen molar-refractivity contribution in [3.63, 3.8) is 0 Å². The molecule has 0 N–H and O–H groups in total. The molecule has 9 heteroatoms. The van der Waals surface area contributed by atoms with Gasteiger partial charge in [-0.05, 0) is 29.1 Å². The summed E-state index contributed by atoms with van der Waals surface area (Å²) in [6.07, 6.45) is 0.601. The Labute approximate surface area is 177 Å². The molecule has 2 heterocycles. The first-order valence-electron chi connectivity index (χ1n) is 8.87. The molecule has 0 fully saturated rings. The van der Waals surface area contributed by atoms with Crippen molar-refractivity contribution >= 4 is 40.7 Å². The van der Waals surface area contributed by atoms with Crippen molar-refractivity contribution < 1.29 is 23.8 Å². The zero-order chi connectivity index (χ0) is 20.8. The van der Waals surface area contributed by atoms with Gasteiger partial charge in [0.2, 0.25) is 0 Å². The standard InChI is InChI=1S/C20H22N2O5S2/c1-25-16-7-6-13(9-17(16)26-2)15-10-14(18-5-4-8-29-18)21-22(15)19(23)11-28-12-20(24)27-3/h4-9,15H,10-12H2,1-3H3. The van der Waals surface area contributed by atoms with Crippen molar-refractivity contribution in [2.24, 2.45) is 5.10 Å². The van der Waals surface area contributed by atoms with Crippen LogP contribution in [-0.2, 0) is 14.3 Å². The second kappa shape index (κ2) is 9.80. The molecule has 0 radical (unpaired) electrons. The van der Waals surface area contributed by atoms with Crippen molar-refractivity contribution in [3.8, 4) is 11.5 Å². The third-order valence-electron chi connectivity index (χ3n) is 4.44. The molecule has 0 spiro atoms. The number of methoxy groups -OCH3 is 3. The normalized spacial score (nSPS) is 15.8. The largest absolute Gasteiger partial charge is 0.493 e. The van der Waals surface area contributed by atoms with Gasteiger partial charge < -0.3 is 14.2 Å². The van der Waals surface area contributed by atoms with Crippen LogP contribution in [0.1, 0.15) is 22.9 Å². The lowest BCUT2D eigenvalue weighted by atomic mass is 10.0. The van der Waals surface area contributed by atoms with E-state index in [2.05, 4.69) is 9.84 Å². The highest BCUT2D eigenvalue weighted by molar-refractivity contribution is 8.00. The van der Waals surface area contributed by atoms with Gasteiger partial charge >= 0.3 is 5.97 Å². The number of amides is 1. The van der Waals surface area contributed by atoms with Crippen molar-refractivity contribution in [2.45, 2.75) is 12.5 Å². The SMILES string of the molecule is COC(=O)CSCC(=O)N1N=C(c2cccs2)CC1c1ccc(OC)c(OC)c1. The van der Waals surface area contributed by atoms with E-state index in [1.807, 2.05) is 35.7 Å². The Bertz CT molecular complexity index is 898. The topological polar surface area (TPSA) is 77.4 Å². The number of esters is 1. The number of rotatable bonds is 8. The molecule has 29 heavy (non-hydrogen) atoms. The van der Waals surface area contributed by atoms with E-state index in [0.29, 0.717) is 17.9 Å². The van der Waals surface area contributed by atoms with Crippen LogP contribution in [0.15, 0.2) is 40.8 Å². The molecule has 3 rings (SSSR count). The minimum absolute atomic E-state index is 0.124. The Morgan fingerprint density at radius 2 is 1.97 bits per heavy atom. The lowest BCUT2D eigenvalue weighted by Crippen LogP contribution is -2.29. The summed E-state index contributed by atoms with van der Waals surface area (Å²) in [6.45, 7) is 0. The van der Waals surface area contributed by atoms with Gasteiger partial charge in [-0.2, -0.15) is 5.10 Å². The number of nitrogens with zero attached hydrogens (tertiary/aromatic N) is 2. The molecule has 0 saturated carbocycles. The highest BCUT2D eigenvalue weighted by atomic mass is 32.2. The highest BCUT2D eigenvalue weighted by Gasteiger charge is 2.33. The summed E-state index contributed by atoms with van der Waals surface area (Å²) in [5, 5.41) is 8.11. The van der Waals surface area contributed by atoms with Gasteiger partial charge in [-0.25, -0.2) is 5.01 Å². The van der Waals surface area contributed by atoms with Gasteiger partial charge in [0.25, 0.3) is 5.91 Å². The van der Waals surface area contributed by atoms with Crippen LogP contribution in [-0.4, -0.2) is 55.4 Å². The van der Waals surface area contributed by atoms with Crippen molar-refractivity contribution in [1.82, 2.24) is 5.01 Å². The Hall–Kier alpha value is -2.52. The predicted octanol–water partition coefficient (Wildman–Crippen LogP) is 3.35. The first kappa shape index (κ1) is 21.2. The van der Waals surface area contributed by atoms with Gasteiger partial charge in [0.05, 0.1) is 49.5 Å². The maximum Gasteiger partial charge on any atom is 0.315 e. The monoisotopic (exact) mass is 434 g/mol. The van der Waals surface area contributed by atoms with Gasteiger partial charge in [0, 0.05) is 6.42 Å². The molecule has 1 aromatic heterocycles. The number of thiophene rings is 1. The van der Waals surface area contributed by atoms with Gasteiger partial charge in [-0.1, -0.05) is 12.1 Å². The minimum Gasteiger partial charge on any atom is -0.493 e. The fraction of sp³-hybridized carbons (Fsp3) is 0.350. The molecule has 1 aliphatic heterocycles. The van der Waals surface area contributed by atoms with Gasteiger partial charge in [-0.15, -0.1) is 23.1 Å². The van der Waals surface area contributed by atoms with Crippen LogP contribution < -0.4 is 9.47 Å². The lowest BCUT2D eigenvalue weighted by Gasteiger charge is -2.22. The number of hydrazone groups is 1. The molecule has 1 aliphatic rings. The van der Waals surface area contributed by atoms with Crippen LogP contribution >= 0.6 is 23.1 Å². The first-order valence-corrected chi connectivity index (χ1v) is 10.9. The highest BCUT2D eigenvalue weighted by Crippen LogP contribution is 2.38. The van der Waals surface area contributed by atoms with E-state index >= 15 is 0 Å². The molecule has 7 nitrogen and oxygen atoms in total. The molecular formula is C20H22N2O5S2. The number of thioether (sulfide) groups is 1. The number of hydrogen-bond donors (Lipinski definition) is 0. The number of carbonyl (C=O) groups is 2. The Kier molecular flexibility index (Phi) is 7.16. The molecule has 2 aromatic rings. The molecule has 0 aliphatic carbocycles. The molecule has 1 aromatic carbocycles. The minimum atomic E-state index is -0.358. The summed E-state index contributed by atoms with van der Waals surface area (Å²) in [5.74, 6) is 0.967. The Morgan fingerprint density at radius 1 is 1.17 bits per heavy atom. The Morgan fingerprint density at radius 3 is 2.62 bits per heavy atom. The first-order chi connectivity index (χ1) is 14.1. The van der Waals surface area contributed by atoms with E-state index in [9.17, 15) is 9.59 Å². The number of benzene rings is 1. The number of ether oxygens (including phenoxy) is 3. The Balaban J connectivity index is 1.84. The van der Waals surface area contributed by atoms with E-state index in [4.69, 9.17) is 9.47 Å². The summed E-state index contributed by atoms with van der Waals surface area (Å²) in [7, 11) is 4.49. The molecule has 0 bridgehead atoms. The molecule has 154 valence electrons. The molecule has 1 atom stereocenters. The van der Waals surface area contributed by atoms with Crippen LogP contribution in [0, 0.1) is 0 Å². The van der Waals surface area contributed by atoms with E-state index < -0.39 is 0 Å². The fourth-order valence-electron chi connectivity index (χ4n) is 3.00. The number of hydrogen-bond acceptors (Lipinski definition) is 8. The molecule has 1 amide bonds. The van der Waals surface area contributed by atoms with Crippen molar-refractivity contribution in [1.29, 1.82) is 0 Å². The van der Waals surface area contributed by atoms with Gasteiger partial charge in [0.15, 0.2) is 11.5 Å². The fourth-order valence-corrected chi connectivity index (χ4v) is 4.41. The van der Waals surface area contributed by atoms with Crippen molar-refractivity contribution in [3.05, 3.63) is 46.2 Å². The maximum absolute atomic E-state index is 12.9. The zero-order valence-electron chi connectivity index (χ0n) is 16.4. The van der Waals surface area contributed by atoms with E-state index in [1.54, 1.807) is 25.6 Å². The van der Waals surface area contributed by atoms with E-state index in [1.165, 1.54) is 23.9 Å². The molecular weight excluding hydrogens is 412 g/mol. The summed E-state index contributed by atoms with van der Waals surface area (Å²) in [4.78, 5) is 25.2. The third kappa shape index (κ3) is 4.91. The van der Waals surface area contributed by atoms with Crippen LogP contribution in [0.5, 0.6) is 11.5 Å². The molecule has 1 unspecified atom stereocenters. The van der Waals surface area contributed by atoms with E-state index in [-0.39, 0.29) is 29.4 Å². The lowest BCUT2D eigenvalue weighted by molar-refractivity contribution is -0.137. The second-order valence-corrected chi connectivity index (χ2v) is 8.10. The van der Waals surface area contributed by atoms with Crippen LogP contribution in [0.3, 0.4) is 0 Å². The average molecular weight is 435 g/mol. The third-order valence-corrected chi connectivity index (χ3v) is 6.25. The summed E-state index contributed by atoms with van der Waals surface area (Å²) >= 11 is 2.80. The zero-order valence-corrected chi connectivity index (χ0v) is 18.0. The van der Waals surface area contributed by atoms with Gasteiger partial charge in [-0.3, -0.25) is 9.59 Å². The maximum atomic E-state index is 12.9. The molecule has 0 saturated heterocycles. The van der Waals surface area contributed by atoms with Crippen LogP contribution in [0.2, 0.25) is 0 Å². The smallest absolute Gasteiger partial charge is 0.315 e. The van der Waals surface area contributed by atoms with Crippen LogP contribution in [0.4, 0.5) is 0 Å². The van der Waals surface area contributed by atoms with Gasteiger partial charge in [0.1, 0.15) is 0 Å². The second-order valence-electron chi connectivity index (χ2n) is 6.17. The predicted molar refractivity (Wildman–Crippen MR) is 114 cm³/mol. The van der Waals surface area contributed by atoms with Crippen molar-refractivity contribution in [2.75, 3.05) is 32.8 Å². The summed E-state index contributed by atoms with van der Waals surface area (Å²) in [5.41, 5.74) is 1.77.